The third-order valence-electron chi connectivity index (χ3n) is 6.88. The fourth-order valence-electron chi connectivity index (χ4n) is 6.00. The molecule has 4 aliphatic rings. The van der Waals surface area contributed by atoms with E-state index in [0.29, 0.717) is 41.8 Å². The first kappa shape index (κ1) is 13.5. The van der Waals surface area contributed by atoms with Crippen LogP contribution in [0.15, 0.2) is 23.8 Å². The van der Waals surface area contributed by atoms with Crippen LogP contribution >= 0.6 is 0 Å². The van der Waals surface area contributed by atoms with Gasteiger partial charge < -0.3 is 0 Å². The minimum Gasteiger partial charge on any atom is -0.299 e. The molecule has 21 heavy (non-hydrogen) atoms. The summed E-state index contributed by atoms with van der Waals surface area (Å²) in [6.07, 6.45) is 11.0. The Balaban J connectivity index is 1.76. The molecule has 2 nitrogen and oxygen atoms in total. The van der Waals surface area contributed by atoms with E-state index in [1.165, 1.54) is 5.57 Å². The first-order valence-corrected chi connectivity index (χ1v) is 8.46. The lowest BCUT2D eigenvalue weighted by molar-refractivity contribution is -0.131. The van der Waals surface area contributed by atoms with E-state index in [0.717, 1.165) is 25.7 Å². The highest BCUT2D eigenvalue weighted by atomic mass is 16.1. The van der Waals surface area contributed by atoms with E-state index in [-0.39, 0.29) is 11.2 Å². The Hall–Kier alpha value is -1.18. The molecule has 0 aromatic carbocycles. The maximum atomic E-state index is 12.4. The molecule has 0 aromatic heterocycles. The van der Waals surface area contributed by atoms with E-state index in [2.05, 4.69) is 26.0 Å². The topological polar surface area (TPSA) is 34.1 Å². The van der Waals surface area contributed by atoms with Gasteiger partial charge in [-0.25, -0.2) is 0 Å². The highest BCUT2D eigenvalue weighted by molar-refractivity contribution is 5.92. The SMILES string of the molecule is C[C@H]1C[C@]2(C)C(=O)CC[C@H]2[C@@H]2C=CC3=CC(=O)CC[C@@H]3[C@H]21. The highest BCUT2D eigenvalue weighted by Gasteiger charge is 2.57. The number of ketones is 2. The van der Waals surface area contributed by atoms with Crippen molar-refractivity contribution in [1.82, 2.24) is 0 Å². The van der Waals surface area contributed by atoms with Gasteiger partial charge in [-0.2, -0.15) is 0 Å². The molecule has 4 aliphatic carbocycles. The van der Waals surface area contributed by atoms with Gasteiger partial charge in [0.15, 0.2) is 5.78 Å². The van der Waals surface area contributed by atoms with E-state index < -0.39 is 0 Å². The van der Waals surface area contributed by atoms with Crippen LogP contribution in [0.25, 0.3) is 0 Å². The number of fused-ring (bicyclic) bond motifs is 5. The lowest BCUT2D eigenvalue weighted by atomic mass is 9.51. The summed E-state index contributed by atoms with van der Waals surface area (Å²) >= 11 is 0. The normalized spacial score (nSPS) is 48.5. The molecule has 0 bridgehead atoms. The maximum Gasteiger partial charge on any atom is 0.155 e. The molecule has 0 radical (unpaired) electrons. The molecule has 0 saturated heterocycles. The Morgan fingerprint density at radius 2 is 2.00 bits per heavy atom. The zero-order chi connectivity index (χ0) is 14.8. The number of allylic oxidation sites excluding steroid dienone is 4. The zero-order valence-electron chi connectivity index (χ0n) is 13.0. The molecule has 6 atom stereocenters. The molecule has 2 saturated carbocycles. The summed E-state index contributed by atoms with van der Waals surface area (Å²) in [4.78, 5) is 24.1. The fraction of sp³-hybridized carbons (Fsp3) is 0.684. The van der Waals surface area contributed by atoms with Gasteiger partial charge in [0.2, 0.25) is 0 Å². The first-order valence-electron chi connectivity index (χ1n) is 8.46. The van der Waals surface area contributed by atoms with E-state index in [1.54, 1.807) is 0 Å². The molecule has 0 heterocycles. The summed E-state index contributed by atoms with van der Waals surface area (Å²) < 4.78 is 0. The van der Waals surface area contributed by atoms with Crippen LogP contribution in [0.4, 0.5) is 0 Å². The second kappa shape index (κ2) is 4.41. The number of carbonyl (C=O) groups excluding carboxylic acids is 2. The number of carbonyl (C=O) groups is 2. The molecule has 4 rings (SSSR count). The molecule has 0 amide bonds. The number of Topliss-reactive ketones (excluding diaryl/α,β-unsaturated/α-hetero) is 1. The Kier molecular flexibility index (Phi) is 2.83. The molecular formula is C19H24O2. The molecular weight excluding hydrogens is 260 g/mol. The van der Waals surface area contributed by atoms with Crippen molar-refractivity contribution in [1.29, 1.82) is 0 Å². The van der Waals surface area contributed by atoms with Crippen molar-refractivity contribution in [3.05, 3.63) is 23.8 Å². The maximum absolute atomic E-state index is 12.4. The van der Waals surface area contributed by atoms with E-state index >= 15 is 0 Å². The second-order valence-electron chi connectivity index (χ2n) is 7.94. The molecule has 0 aromatic rings. The average Bonchev–Trinajstić information content (AvgIpc) is 2.74. The Labute approximate surface area is 126 Å². The smallest absolute Gasteiger partial charge is 0.155 e. The third kappa shape index (κ3) is 1.77. The lowest BCUT2D eigenvalue weighted by Crippen LogP contribution is -2.48. The molecule has 0 aliphatic heterocycles. The number of hydrogen-bond acceptors (Lipinski definition) is 2. The van der Waals surface area contributed by atoms with Gasteiger partial charge in [0.25, 0.3) is 0 Å². The van der Waals surface area contributed by atoms with Crippen LogP contribution < -0.4 is 0 Å². The van der Waals surface area contributed by atoms with Crippen LogP contribution in [0.3, 0.4) is 0 Å². The van der Waals surface area contributed by atoms with Crippen LogP contribution in [0.2, 0.25) is 0 Å². The summed E-state index contributed by atoms with van der Waals surface area (Å²) in [5.74, 6) is 3.61. The average molecular weight is 284 g/mol. The van der Waals surface area contributed by atoms with Crippen molar-refractivity contribution in [2.75, 3.05) is 0 Å². The predicted octanol–water partition coefficient (Wildman–Crippen LogP) is 3.72. The van der Waals surface area contributed by atoms with Gasteiger partial charge in [-0.05, 0) is 60.5 Å². The van der Waals surface area contributed by atoms with Crippen LogP contribution in [0, 0.1) is 35.0 Å². The van der Waals surface area contributed by atoms with Crippen LogP contribution in [0.1, 0.15) is 46.0 Å². The summed E-state index contributed by atoms with van der Waals surface area (Å²) in [6, 6.07) is 0. The van der Waals surface area contributed by atoms with Gasteiger partial charge in [-0.1, -0.05) is 26.0 Å². The Bertz CT molecular complexity index is 570. The Morgan fingerprint density at radius 3 is 2.81 bits per heavy atom. The van der Waals surface area contributed by atoms with E-state index in [9.17, 15) is 9.59 Å². The van der Waals surface area contributed by atoms with E-state index in [4.69, 9.17) is 0 Å². The van der Waals surface area contributed by atoms with Crippen molar-refractivity contribution < 1.29 is 9.59 Å². The minimum absolute atomic E-state index is 0.0867. The van der Waals surface area contributed by atoms with Gasteiger partial charge in [0, 0.05) is 18.3 Å². The molecule has 0 unspecified atom stereocenters. The van der Waals surface area contributed by atoms with Gasteiger partial charge in [0.1, 0.15) is 5.78 Å². The molecule has 0 N–H and O–H groups in total. The zero-order valence-corrected chi connectivity index (χ0v) is 13.0. The van der Waals surface area contributed by atoms with Crippen LogP contribution in [-0.4, -0.2) is 11.6 Å². The van der Waals surface area contributed by atoms with Crippen molar-refractivity contribution in [3.63, 3.8) is 0 Å². The molecule has 112 valence electrons. The monoisotopic (exact) mass is 284 g/mol. The van der Waals surface area contributed by atoms with Crippen LogP contribution in [0.5, 0.6) is 0 Å². The van der Waals surface area contributed by atoms with Gasteiger partial charge in [-0.15, -0.1) is 0 Å². The molecule has 2 fully saturated rings. The summed E-state index contributed by atoms with van der Waals surface area (Å²) in [6.45, 7) is 4.54. The van der Waals surface area contributed by atoms with Crippen molar-refractivity contribution >= 4 is 11.6 Å². The standard InChI is InChI=1S/C19H24O2/c1-11-10-19(2)16(7-8-17(19)21)15-5-3-12-9-13(20)4-6-14(12)18(11)15/h3,5,9,11,14-16,18H,4,6-8,10H2,1-2H3/t11-,14-,15-,16-,18+,19-/m0/s1. The van der Waals surface area contributed by atoms with Gasteiger partial charge in [-0.3, -0.25) is 9.59 Å². The lowest BCUT2D eigenvalue weighted by Gasteiger charge is -2.52. The highest BCUT2D eigenvalue weighted by Crippen LogP contribution is 2.60. The van der Waals surface area contributed by atoms with Crippen LogP contribution in [-0.2, 0) is 9.59 Å². The summed E-state index contributed by atoms with van der Waals surface area (Å²) in [5.41, 5.74) is 1.17. The number of rotatable bonds is 0. The number of hydrogen-bond donors (Lipinski definition) is 0. The van der Waals surface area contributed by atoms with Crippen molar-refractivity contribution in [3.8, 4) is 0 Å². The van der Waals surface area contributed by atoms with E-state index in [1.807, 2.05) is 6.08 Å². The second-order valence-corrected chi connectivity index (χ2v) is 7.94. The molecule has 2 heteroatoms. The largest absolute Gasteiger partial charge is 0.299 e. The van der Waals surface area contributed by atoms with Crippen molar-refractivity contribution in [2.45, 2.75) is 46.0 Å². The minimum atomic E-state index is -0.0867. The quantitative estimate of drug-likeness (QED) is 0.679. The fourth-order valence-corrected chi connectivity index (χ4v) is 6.00. The molecule has 0 spiro atoms. The van der Waals surface area contributed by atoms with Gasteiger partial charge in [0.05, 0.1) is 0 Å². The summed E-state index contributed by atoms with van der Waals surface area (Å²) in [7, 11) is 0. The Morgan fingerprint density at radius 1 is 1.19 bits per heavy atom. The predicted molar refractivity (Wildman–Crippen MR) is 81.6 cm³/mol. The van der Waals surface area contributed by atoms with Gasteiger partial charge >= 0.3 is 0 Å². The van der Waals surface area contributed by atoms with Crippen molar-refractivity contribution in [2.24, 2.45) is 35.0 Å². The summed E-state index contributed by atoms with van der Waals surface area (Å²) in [5, 5.41) is 0. The third-order valence-corrected chi connectivity index (χ3v) is 6.88. The first-order chi connectivity index (χ1) is 10.0.